The molecule has 0 radical (unpaired) electrons. The van der Waals surface area contributed by atoms with E-state index in [1.54, 1.807) is 24.3 Å². The van der Waals surface area contributed by atoms with Gasteiger partial charge in [-0.15, -0.1) is 11.3 Å². The second-order valence-electron chi connectivity index (χ2n) is 5.76. The summed E-state index contributed by atoms with van der Waals surface area (Å²) in [6.07, 6.45) is 0.582. The SMILES string of the molecule is COc1cc(OC)cc(C(=O)NCCc2csc(-c3cccc(F)c3)n2)c1. The normalized spacial score (nSPS) is 10.5. The maximum Gasteiger partial charge on any atom is 0.251 e. The topological polar surface area (TPSA) is 60.5 Å². The fourth-order valence-electron chi connectivity index (χ4n) is 2.52. The van der Waals surface area contributed by atoms with Gasteiger partial charge in [0.15, 0.2) is 0 Å². The van der Waals surface area contributed by atoms with E-state index in [1.807, 2.05) is 11.4 Å². The van der Waals surface area contributed by atoms with Crippen LogP contribution in [-0.4, -0.2) is 31.7 Å². The zero-order chi connectivity index (χ0) is 19.2. The Morgan fingerprint density at radius 2 is 1.89 bits per heavy atom. The van der Waals surface area contributed by atoms with E-state index in [4.69, 9.17) is 9.47 Å². The van der Waals surface area contributed by atoms with E-state index in [0.29, 0.717) is 30.0 Å². The Labute approximate surface area is 160 Å². The maximum atomic E-state index is 13.3. The molecule has 27 heavy (non-hydrogen) atoms. The molecule has 5 nitrogen and oxygen atoms in total. The third-order valence-electron chi connectivity index (χ3n) is 3.90. The van der Waals surface area contributed by atoms with Gasteiger partial charge in [-0.2, -0.15) is 0 Å². The monoisotopic (exact) mass is 386 g/mol. The van der Waals surface area contributed by atoms with Crippen molar-refractivity contribution in [3.05, 3.63) is 64.9 Å². The maximum absolute atomic E-state index is 13.3. The Kier molecular flexibility index (Phi) is 6.03. The zero-order valence-corrected chi connectivity index (χ0v) is 15.8. The molecule has 2 aromatic carbocycles. The summed E-state index contributed by atoms with van der Waals surface area (Å²) in [6.45, 7) is 0.435. The molecule has 0 saturated carbocycles. The minimum Gasteiger partial charge on any atom is -0.497 e. The summed E-state index contributed by atoms with van der Waals surface area (Å²) in [5.74, 6) is 0.607. The quantitative estimate of drug-likeness (QED) is 0.668. The number of hydrogen-bond donors (Lipinski definition) is 1. The van der Waals surface area contributed by atoms with E-state index in [0.717, 1.165) is 16.3 Å². The minimum atomic E-state index is -0.287. The van der Waals surface area contributed by atoms with Gasteiger partial charge in [-0.25, -0.2) is 9.37 Å². The molecule has 140 valence electrons. The van der Waals surface area contributed by atoms with Crippen molar-refractivity contribution < 1.29 is 18.7 Å². The fourth-order valence-corrected chi connectivity index (χ4v) is 3.37. The number of ether oxygens (including phenoxy) is 2. The Hall–Kier alpha value is -2.93. The Morgan fingerprint density at radius 3 is 2.56 bits per heavy atom. The molecular formula is C20H19FN2O3S. The average Bonchev–Trinajstić information content (AvgIpc) is 3.16. The van der Waals surface area contributed by atoms with Crippen LogP contribution in [0.3, 0.4) is 0 Å². The summed E-state index contributed by atoms with van der Waals surface area (Å²) in [5.41, 5.74) is 2.06. The lowest BCUT2D eigenvalue weighted by molar-refractivity contribution is 0.0953. The van der Waals surface area contributed by atoms with Crippen molar-refractivity contribution in [2.75, 3.05) is 20.8 Å². The predicted molar refractivity (Wildman–Crippen MR) is 103 cm³/mol. The lowest BCUT2D eigenvalue weighted by atomic mass is 10.2. The van der Waals surface area contributed by atoms with E-state index in [-0.39, 0.29) is 11.7 Å². The van der Waals surface area contributed by atoms with Crippen LogP contribution in [0.15, 0.2) is 47.8 Å². The second-order valence-corrected chi connectivity index (χ2v) is 6.62. The van der Waals surface area contributed by atoms with E-state index in [1.165, 1.54) is 37.7 Å². The van der Waals surface area contributed by atoms with Crippen molar-refractivity contribution in [2.24, 2.45) is 0 Å². The Morgan fingerprint density at radius 1 is 1.15 bits per heavy atom. The smallest absolute Gasteiger partial charge is 0.251 e. The summed E-state index contributed by atoms with van der Waals surface area (Å²) >= 11 is 1.45. The standard InChI is InChI=1S/C20H19FN2O3S/c1-25-17-9-14(10-18(11-17)26-2)19(24)22-7-6-16-12-27-20(23-16)13-4-3-5-15(21)8-13/h3-5,8-12H,6-7H2,1-2H3,(H,22,24). The van der Waals surface area contributed by atoms with Gasteiger partial charge in [-0.1, -0.05) is 12.1 Å². The largest absolute Gasteiger partial charge is 0.497 e. The van der Waals surface area contributed by atoms with Crippen molar-refractivity contribution in [1.82, 2.24) is 10.3 Å². The number of rotatable bonds is 7. The summed E-state index contributed by atoms with van der Waals surface area (Å²) < 4.78 is 23.7. The van der Waals surface area contributed by atoms with Crippen LogP contribution in [0.25, 0.3) is 10.6 Å². The van der Waals surface area contributed by atoms with Gasteiger partial charge in [-0.05, 0) is 24.3 Å². The predicted octanol–water partition coefficient (Wildman–Crippen LogP) is 3.94. The molecule has 1 heterocycles. The van der Waals surface area contributed by atoms with Gasteiger partial charge in [0.1, 0.15) is 22.3 Å². The Bertz CT molecular complexity index is 920. The molecule has 1 amide bonds. The first-order valence-corrected chi connectivity index (χ1v) is 9.18. The van der Waals surface area contributed by atoms with Crippen LogP contribution >= 0.6 is 11.3 Å². The van der Waals surface area contributed by atoms with E-state index < -0.39 is 0 Å². The number of halogens is 1. The van der Waals surface area contributed by atoms with Crippen LogP contribution < -0.4 is 14.8 Å². The van der Waals surface area contributed by atoms with Gasteiger partial charge in [0.2, 0.25) is 0 Å². The van der Waals surface area contributed by atoms with Crippen LogP contribution in [0, 0.1) is 5.82 Å². The lowest BCUT2D eigenvalue weighted by Gasteiger charge is -2.09. The summed E-state index contributed by atoms with van der Waals surface area (Å²) in [6, 6.07) is 11.4. The number of methoxy groups -OCH3 is 2. The molecule has 0 aliphatic rings. The Balaban J connectivity index is 1.59. The minimum absolute atomic E-state index is 0.215. The number of carbonyl (C=O) groups excluding carboxylic acids is 1. The molecule has 0 atom stereocenters. The molecule has 7 heteroatoms. The second kappa shape index (κ2) is 8.64. The van der Waals surface area contributed by atoms with Crippen LogP contribution in [0.1, 0.15) is 16.1 Å². The molecule has 0 spiro atoms. The molecule has 0 saturated heterocycles. The van der Waals surface area contributed by atoms with Gasteiger partial charge in [0, 0.05) is 35.5 Å². The number of nitrogens with one attached hydrogen (secondary N) is 1. The van der Waals surface area contributed by atoms with Crippen LogP contribution in [0.4, 0.5) is 4.39 Å². The molecule has 0 bridgehead atoms. The molecule has 0 aliphatic heterocycles. The van der Waals surface area contributed by atoms with Crippen molar-refractivity contribution in [1.29, 1.82) is 0 Å². The highest BCUT2D eigenvalue weighted by molar-refractivity contribution is 7.13. The van der Waals surface area contributed by atoms with Crippen LogP contribution in [0.5, 0.6) is 11.5 Å². The molecule has 1 N–H and O–H groups in total. The molecule has 0 aliphatic carbocycles. The number of benzene rings is 2. The first kappa shape index (κ1) is 18.8. The van der Waals surface area contributed by atoms with E-state index in [9.17, 15) is 9.18 Å². The van der Waals surface area contributed by atoms with Crippen LogP contribution in [0.2, 0.25) is 0 Å². The van der Waals surface area contributed by atoms with Crippen molar-refractivity contribution in [2.45, 2.75) is 6.42 Å². The van der Waals surface area contributed by atoms with Gasteiger partial charge in [-0.3, -0.25) is 4.79 Å². The van der Waals surface area contributed by atoms with E-state index >= 15 is 0 Å². The third-order valence-corrected chi connectivity index (χ3v) is 4.84. The van der Waals surface area contributed by atoms with Crippen molar-refractivity contribution in [3.63, 3.8) is 0 Å². The first-order chi connectivity index (χ1) is 13.1. The van der Waals surface area contributed by atoms with Crippen molar-refractivity contribution in [3.8, 4) is 22.1 Å². The zero-order valence-electron chi connectivity index (χ0n) is 15.0. The number of aromatic nitrogens is 1. The average molecular weight is 386 g/mol. The number of amides is 1. The number of nitrogens with zero attached hydrogens (tertiary/aromatic N) is 1. The van der Waals surface area contributed by atoms with Gasteiger partial charge in [0.05, 0.1) is 19.9 Å². The van der Waals surface area contributed by atoms with Gasteiger partial charge in [0.25, 0.3) is 5.91 Å². The molecule has 3 rings (SSSR count). The summed E-state index contributed by atoms with van der Waals surface area (Å²) in [5, 5.41) is 5.54. The third kappa shape index (κ3) is 4.83. The fraction of sp³-hybridized carbons (Fsp3) is 0.200. The highest BCUT2D eigenvalue weighted by Crippen LogP contribution is 2.25. The van der Waals surface area contributed by atoms with Crippen molar-refractivity contribution >= 4 is 17.2 Å². The highest BCUT2D eigenvalue weighted by Gasteiger charge is 2.10. The summed E-state index contributed by atoms with van der Waals surface area (Å²) in [4.78, 5) is 16.9. The first-order valence-electron chi connectivity index (χ1n) is 8.30. The van der Waals surface area contributed by atoms with Crippen LogP contribution in [-0.2, 0) is 6.42 Å². The van der Waals surface area contributed by atoms with Gasteiger partial charge >= 0.3 is 0 Å². The number of carbonyl (C=O) groups is 1. The molecule has 0 fully saturated rings. The number of thiazole rings is 1. The van der Waals surface area contributed by atoms with Gasteiger partial charge < -0.3 is 14.8 Å². The summed E-state index contributed by atoms with van der Waals surface area (Å²) in [7, 11) is 3.07. The molecule has 1 aromatic heterocycles. The van der Waals surface area contributed by atoms with E-state index in [2.05, 4.69) is 10.3 Å². The molecule has 3 aromatic rings. The molecular weight excluding hydrogens is 367 g/mol. The lowest BCUT2D eigenvalue weighted by Crippen LogP contribution is -2.25. The molecule has 0 unspecified atom stereocenters. The number of hydrogen-bond acceptors (Lipinski definition) is 5. The highest BCUT2D eigenvalue weighted by atomic mass is 32.1.